The summed E-state index contributed by atoms with van der Waals surface area (Å²) in [5.41, 5.74) is 4.69. The largest absolute Gasteiger partial charge is 0.290 e. The van der Waals surface area contributed by atoms with E-state index >= 15 is 0 Å². The van der Waals surface area contributed by atoms with Crippen LogP contribution in [0.2, 0.25) is 0 Å². The lowest BCUT2D eigenvalue weighted by molar-refractivity contribution is -0.384. The highest BCUT2D eigenvalue weighted by Crippen LogP contribution is 2.22. The summed E-state index contributed by atoms with van der Waals surface area (Å²) >= 11 is 0. The number of nitrogens with zero attached hydrogens (tertiary/aromatic N) is 3. The molecule has 3 aromatic carbocycles. The van der Waals surface area contributed by atoms with Crippen molar-refractivity contribution in [1.82, 2.24) is 15.2 Å². The van der Waals surface area contributed by atoms with E-state index in [1.807, 2.05) is 30.3 Å². The number of hydrogen-bond donors (Lipinski definition) is 2. The number of aromatic nitrogens is 2. The zero-order valence-corrected chi connectivity index (χ0v) is 17.6. The molecule has 1 heterocycles. The first-order chi connectivity index (χ1) is 16.0. The number of amides is 1. The molecule has 9 nitrogen and oxygen atoms in total. The molecule has 2 N–H and O–H groups in total. The van der Waals surface area contributed by atoms with Gasteiger partial charge in [-0.05, 0) is 31.2 Å². The molecule has 9 heteroatoms. The molecule has 0 aliphatic heterocycles. The molecule has 4 aromatic rings. The third-order valence-corrected chi connectivity index (χ3v) is 4.99. The number of hydrazone groups is 1. The van der Waals surface area contributed by atoms with Gasteiger partial charge in [-0.1, -0.05) is 48.5 Å². The molecule has 0 saturated heterocycles. The molecule has 0 bridgehead atoms. The summed E-state index contributed by atoms with van der Waals surface area (Å²) in [5, 5.41) is 18.2. The molecular formula is C24H19N5O4. The topological polar surface area (TPSA) is 122 Å². The van der Waals surface area contributed by atoms with Crippen LogP contribution >= 0.6 is 0 Å². The smallest absolute Gasteiger partial charge is 0.281 e. The Hall–Kier alpha value is -4.79. The average Bonchev–Trinajstić information content (AvgIpc) is 3.20. The summed E-state index contributed by atoms with van der Waals surface area (Å²) < 4.78 is 1.29. The Morgan fingerprint density at radius 2 is 1.58 bits per heavy atom. The predicted octanol–water partition coefficient (Wildman–Crippen LogP) is 3.89. The van der Waals surface area contributed by atoms with E-state index in [-0.39, 0.29) is 11.3 Å². The minimum atomic E-state index is -0.506. The predicted molar refractivity (Wildman–Crippen MR) is 125 cm³/mol. The molecule has 0 spiro atoms. The van der Waals surface area contributed by atoms with E-state index in [1.165, 1.54) is 28.9 Å². The first-order valence-electron chi connectivity index (χ1n) is 10.0. The van der Waals surface area contributed by atoms with Crippen molar-refractivity contribution in [2.45, 2.75) is 6.92 Å². The third-order valence-electron chi connectivity index (χ3n) is 4.99. The van der Waals surface area contributed by atoms with Crippen molar-refractivity contribution in [3.05, 3.63) is 117 Å². The van der Waals surface area contributed by atoms with Crippen LogP contribution in [0, 0.1) is 10.1 Å². The highest BCUT2D eigenvalue weighted by molar-refractivity contribution is 6.04. The molecule has 33 heavy (non-hydrogen) atoms. The maximum atomic E-state index is 13.3. The number of carbonyl (C=O) groups is 1. The highest BCUT2D eigenvalue weighted by atomic mass is 16.6. The number of carbonyl (C=O) groups excluding carboxylic acids is 1. The van der Waals surface area contributed by atoms with Crippen LogP contribution in [0.5, 0.6) is 0 Å². The molecule has 4 rings (SSSR count). The number of nitro benzene ring substituents is 1. The van der Waals surface area contributed by atoms with E-state index in [1.54, 1.807) is 37.3 Å². The van der Waals surface area contributed by atoms with E-state index in [0.29, 0.717) is 22.7 Å². The number of nitrogens with one attached hydrogen (secondary N) is 2. The van der Waals surface area contributed by atoms with E-state index in [9.17, 15) is 19.7 Å². The quantitative estimate of drug-likeness (QED) is 0.268. The van der Waals surface area contributed by atoms with Gasteiger partial charge in [-0.15, -0.1) is 0 Å². The van der Waals surface area contributed by atoms with Gasteiger partial charge in [-0.25, -0.2) is 10.1 Å². The van der Waals surface area contributed by atoms with Gasteiger partial charge in [0, 0.05) is 23.3 Å². The Morgan fingerprint density at radius 1 is 0.970 bits per heavy atom. The molecule has 0 aliphatic carbocycles. The Balaban J connectivity index is 1.76. The van der Waals surface area contributed by atoms with Gasteiger partial charge in [-0.2, -0.15) is 5.10 Å². The van der Waals surface area contributed by atoms with Crippen LogP contribution < -0.4 is 11.0 Å². The number of nitro groups is 1. The van der Waals surface area contributed by atoms with Crippen molar-refractivity contribution in [3.63, 3.8) is 0 Å². The minimum Gasteiger partial charge on any atom is -0.290 e. The maximum Gasteiger partial charge on any atom is 0.281 e. The van der Waals surface area contributed by atoms with Crippen molar-refractivity contribution >= 4 is 17.3 Å². The minimum absolute atomic E-state index is 0.0803. The molecule has 0 atom stereocenters. The maximum absolute atomic E-state index is 13.3. The van der Waals surface area contributed by atoms with E-state index in [2.05, 4.69) is 15.6 Å². The number of hydrogen-bond acceptors (Lipinski definition) is 5. The summed E-state index contributed by atoms with van der Waals surface area (Å²) in [4.78, 5) is 36.2. The highest BCUT2D eigenvalue weighted by Gasteiger charge is 2.20. The third kappa shape index (κ3) is 4.47. The van der Waals surface area contributed by atoms with Crippen molar-refractivity contribution in [2.24, 2.45) is 5.10 Å². The van der Waals surface area contributed by atoms with Gasteiger partial charge < -0.3 is 0 Å². The second kappa shape index (κ2) is 9.15. The number of benzene rings is 3. The number of rotatable bonds is 6. The summed E-state index contributed by atoms with van der Waals surface area (Å²) in [5.74, 6) is -0.401. The first kappa shape index (κ1) is 21.4. The Labute approximate surface area is 188 Å². The van der Waals surface area contributed by atoms with Crippen LogP contribution in [0.15, 0.2) is 94.8 Å². The van der Waals surface area contributed by atoms with E-state index in [4.69, 9.17) is 0 Å². The number of non-ortho nitro benzene ring substituents is 1. The van der Waals surface area contributed by atoms with Crippen LogP contribution in [0.25, 0.3) is 16.9 Å². The van der Waals surface area contributed by atoms with Gasteiger partial charge in [0.2, 0.25) is 0 Å². The summed E-state index contributed by atoms with van der Waals surface area (Å²) in [7, 11) is 0. The van der Waals surface area contributed by atoms with Gasteiger partial charge >= 0.3 is 0 Å². The Morgan fingerprint density at radius 3 is 2.18 bits per heavy atom. The lowest BCUT2D eigenvalue weighted by Gasteiger charge is -2.04. The van der Waals surface area contributed by atoms with Gasteiger partial charge in [0.05, 0.1) is 27.6 Å². The average molecular weight is 441 g/mol. The number of H-pyrrole nitrogens is 1. The lowest BCUT2D eigenvalue weighted by Crippen LogP contribution is -2.23. The lowest BCUT2D eigenvalue weighted by atomic mass is 10.1. The van der Waals surface area contributed by atoms with Crippen molar-refractivity contribution in [1.29, 1.82) is 0 Å². The van der Waals surface area contributed by atoms with E-state index in [0.717, 1.165) is 5.56 Å². The van der Waals surface area contributed by atoms with Crippen LogP contribution in [-0.4, -0.2) is 26.3 Å². The second-order valence-electron chi connectivity index (χ2n) is 7.15. The molecule has 0 fully saturated rings. The normalized spacial score (nSPS) is 11.2. The summed E-state index contributed by atoms with van der Waals surface area (Å²) in [6.07, 6.45) is 0. The summed E-state index contributed by atoms with van der Waals surface area (Å²) in [6.45, 7) is 1.63. The molecule has 164 valence electrons. The fourth-order valence-electron chi connectivity index (χ4n) is 3.34. The van der Waals surface area contributed by atoms with Crippen molar-refractivity contribution in [2.75, 3.05) is 0 Å². The van der Waals surface area contributed by atoms with Gasteiger partial charge in [0.25, 0.3) is 17.2 Å². The fourth-order valence-corrected chi connectivity index (χ4v) is 3.34. The van der Waals surface area contributed by atoms with Crippen LogP contribution in [-0.2, 0) is 0 Å². The van der Waals surface area contributed by atoms with Gasteiger partial charge in [0.1, 0.15) is 0 Å². The zero-order valence-electron chi connectivity index (χ0n) is 17.6. The van der Waals surface area contributed by atoms with Crippen LogP contribution in [0.3, 0.4) is 0 Å². The molecular weight excluding hydrogens is 422 g/mol. The monoisotopic (exact) mass is 441 g/mol. The molecule has 0 saturated carbocycles. The second-order valence-corrected chi connectivity index (χ2v) is 7.15. The SMILES string of the molecule is C/C(=N\NC(=O)c1ccccc1)c1c(-c2ccccc2)[nH]n(-c2ccc([N+](=O)[O-])cc2)c1=O. The van der Waals surface area contributed by atoms with Crippen molar-refractivity contribution < 1.29 is 9.72 Å². The Kier molecular flexibility index (Phi) is 5.94. The molecule has 1 amide bonds. The standard InChI is InChI=1S/C24H19N5O4/c1-16(25-26-23(30)18-10-6-3-7-11-18)21-22(17-8-4-2-5-9-17)27-28(24(21)31)19-12-14-20(15-13-19)29(32)33/h2-15,27H,1H3,(H,26,30)/b25-16+. The van der Waals surface area contributed by atoms with Crippen LogP contribution in [0.1, 0.15) is 22.8 Å². The molecule has 0 radical (unpaired) electrons. The first-order valence-corrected chi connectivity index (χ1v) is 10.0. The van der Waals surface area contributed by atoms with Gasteiger partial charge in [0.15, 0.2) is 0 Å². The van der Waals surface area contributed by atoms with Crippen molar-refractivity contribution in [3.8, 4) is 16.9 Å². The van der Waals surface area contributed by atoms with Gasteiger partial charge in [-0.3, -0.25) is 24.8 Å². The van der Waals surface area contributed by atoms with Crippen LogP contribution in [0.4, 0.5) is 5.69 Å². The Bertz CT molecular complexity index is 1390. The number of aromatic amines is 1. The summed E-state index contributed by atoms with van der Waals surface area (Å²) in [6, 6.07) is 23.4. The zero-order chi connectivity index (χ0) is 23.4. The molecule has 0 aliphatic rings. The fraction of sp³-hybridized carbons (Fsp3) is 0.0417. The van der Waals surface area contributed by atoms with E-state index < -0.39 is 16.4 Å². The molecule has 1 aromatic heterocycles. The molecule has 0 unspecified atom stereocenters.